The third kappa shape index (κ3) is 4.37. The van der Waals surface area contributed by atoms with Gasteiger partial charge in [-0.05, 0) is 0 Å². The fourth-order valence-electron chi connectivity index (χ4n) is 0.121. The first kappa shape index (κ1) is 8.86. The standard InChI is InChI=1S/C2H3F3O3S/c3-1(4)2(5)8-9(6)7/h1-2H,(H,6,7). The summed E-state index contributed by atoms with van der Waals surface area (Å²) in [5.41, 5.74) is 0. The van der Waals surface area contributed by atoms with E-state index in [1.165, 1.54) is 0 Å². The van der Waals surface area contributed by atoms with Crippen molar-refractivity contribution in [1.29, 1.82) is 0 Å². The van der Waals surface area contributed by atoms with Crippen molar-refractivity contribution in [2.75, 3.05) is 0 Å². The Balaban J connectivity index is 3.50. The van der Waals surface area contributed by atoms with Crippen LogP contribution in [0, 0.1) is 0 Å². The van der Waals surface area contributed by atoms with E-state index in [0.717, 1.165) is 0 Å². The molecule has 1 N–H and O–H groups in total. The Kier molecular flexibility index (Phi) is 3.75. The number of halogens is 3. The van der Waals surface area contributed by atoms with E-state index in [9.17, 15) is 17.4 Å². The molecule has 0 spiro atoms. The van der Waals surface area contributed by atoms with Gasteiger partial charge in [-0.3, -0.25) is 4.55 Å². The highest BCUT2D eigenvalue weighted by atomic mass is 32.2. The van der Waals surface area contributed by atoms with Gasteiger partial charge in [0.25, 0.3) is 12.8 Å². The van der Waals surface area contributed by atoms with E-state index in [2.05, 4.69) is 4.18 Å². The molecule has 0 amide bonds. The number of hydrogen-bond donors (Lipinski definition) is 1. The van der Waals surface area contributed by atoms with E-state index in [4.69, 9.17) is 4.55 Å². The molecular formula is C2H3F3O3S. The smallest absolute Gasteiger partial charge is 0.284 e. The molecule has 0 fully saturated rings. The van der Waals surface area contributed by atoms with Crippen molar-refractivity contribution >= 4 is 11.4 Å². The molecule has 0 aliphatic rings. The van der Waals surface area contributed by atoms with Crippen LogP contribution in [0.15, 0.2) is 0 Å². The van der Waals surface area contributed by atoms with Crippen LogP contribution in [-0.4, -0.2) is 21.5 Å². The summed E-state index contributed by atoms with van der Waals surface area (Å²) >= 11 is -2.97. The Bertz CT molecular complexity index is 107. The fourth-order valence-corrected chi connectivity index (χ4v) is 0.362. The van der Waals surface area contributed by atoms with E-state index in [1.54, 1.807) is 0 Å². The van der Waals surface area contributed by atoms with E-state index in [1.807, 2.05) is 0 Å². The van der Waals surface area contributed by atoms with Crippen LogP contribution in [0.25, 0.3) is 0 Å². The molecule has 0 saturated carbocycles. The average Bonchev–Trinajstić information content (AvgIpc) is 1.63. The van der Waals surface area contributed by atoms with Crippen LogP contribution in [0.2, 0.25) is 0 Å². The predicted molar refractivity (Wildman–Crippen MR) is 22.8 cm³/mol. The van der Waals surface area contributed by atoms with Gasteiger partial charge >= 0.3 is 11.4 Å². The Labute approximate surface area is 51.3 Å². The molecule has 0 aromatic heterocycles. The van der Waals surface area contributed by atoms with Gasteiger partial charge < -0.3 is 0 Å². The molecule has 0 aliphatic heterocycles. The molecule has 0 aromatic rings. The van der Waals surface area contributed by atoms with Crippen molar-refractivity contribution in [3.63, 3.8) is 0 Å². The predicted octanol–water partition coefficient (Wildman–Crippen LogP) is 0.700. The van der Waals surface area contributed by atoms with E-state index in [-0.39, 0.29) is 0 Å². The fraction of sp³-hybridized carbons (Fsp3) is 1.00. The number of rotatable bonds is 3. The summed E-state index contributed by atoms with van der Waals surface area (Å²) in [7, 11) is 0. The highest BCUT2D eigenvalue weighted by Crippen LogP contribution is 2.06. The first-order valence-electron chi connectivity index (χ1n) is 1.74. The van der Waals surface area contributed by atoms with E-state index >= 15 is 0 Å². The van der Waals surface area contributed by atoms with Gasteiger partial charge in [-0.25, -0.2) is 17.4 Å². The second kappa shape index (κ2) is 3.80. The minimum Gasteiger partial charge on any atom is -0.284 e. The van der Waals surface area contributed by atoms with Crippen LogP contribution in [0.3, 0.4) is 0 Å². The molecule has 7 heteroatoms. The van der Waals surface area contributed by atoms with Crippen LogP contribution in [0.5, 0.6) is 0 Å². The van der Waals surface area contributed by atoms with Gasteiger partial charge in [0.05, 0.1) is 0 Å². The van der Waals surface area contributed by atoms with Crippen molar-refractivity contribution in [2.45, 2.75) is 12.8 Å². The lowest BCUT2D eigenvalue weighted by Gasteiger charge is -2.01. The summed E-state index contributed by atoms with van der Waals surface area (Å²) in [5, 5.41) is 0. The lowest BCUT2D eigenvalue weighted by atomic mass is 10.7. The number of alkyl halides is 3. The average molecular weight is 164 g/mol. The van der Waals surface area contributed by atoms with Gasteiger partial charge in [0.1, 0.15) is 0 Å². The lowest BCUT2D eigenvalue weighted by molar-refractivity contribution is -0.0639. The molecular weight excluding hydrogens is 161 g/mol. The highest BCUT2D eigenvalue weighted by molar-refractivity contribution is 7.74. The van der Waals surface area contributed by atoms with Gasteiger partial charge in [0.2, 0.25) is 0 Å². The Morgan fingerprint density at radius 1 is 1.44 bits per heavy atom. The topological polar surface area (TPSA) is 46.5 Å². The van der Waals surface area contributed by atoms with Crippen molar-refractivity contribution < 1.29 is 26.1 Å². The summed E-state index contributed by atoms with van der Waals surface area (Å²) in [6, 6.07) is 0. The van der Waals surface area contributed by atoms with Crippen LogP contribution in [0.4, 0.5) is 13.2 Å². The van der Waals surface area contributed by atoms with Crippen LogP contribution < -0.4 is 0 Å². The van der Waals surface area contributed by atoms with Crippen LogP contribution >= 0.6 is 0 Å². The second-order valence-electron chi connectivity index (χ2n) is 0.999. The Morgan fingerprint density at radius 2 is 1.89 bits per heavy atom. The van der Waals surface area contributed by atoms with Gasteiger partial charge in [-0.1, -0.05) is 0 Å². The molecule has 0 bridgehead atoms. The molecule has 0 radical (unpaired) electrons. The zero-order valence-electron chi connectivity index (χ0n) is 3.96. The molecule has 0 heterocycles. The summed E-state index contributed by atoms with van der Waals surface area (Å²) in [4.78, 5) is 0. The monoisotopic (exact) mass is 164 g/mol. The van der Waals surface area contributed by atoms with Gasteiger partial charge in [-0.15, -0.1) is 0 Å². The van der Waals surface area contributed by atoms with Gasteiger partial charge in [0.15, 0.2) is 0 Å². The second-order valence-corrected chi connectivity index (χ2v) is 1.63. The van der Waals surface area contributed by atoms with Gasteiger partial charge in [-0.2, -0.15) is 4.21 Å². The van der Waals surface area contributed by atoms with Crippen LogP contribution in [-0.2, 0) is 15.5 Å². The minimum absolute atomic E-state index is 2.97. The maximum Gasteiger partial charge on any atom is 0.304 e. The maximum atomic E-state index is 11.5. The van der Waals surface area contributed by atoms with Crippen molar-refractivity contribution in [3.05, 3.63) is 0 Å². The number of hydrogen-bond acceptors (Lipinski definition) is 2. The van der Waals surface area contributed by atoms with Crippen molar-refractivity contribution in [2.24, 2.45) is 0 Å². The van der Waals surface area contributed by atoms with E-state index in [0.29, 0.717) is 0 Å². The highest BCUT2D eigenvalue weighted by Gasteiger charge is 2.21. The summed E-state index contributed by atoms with van der Waals surface area (Å²) in [6.45, 7) is 0. The zero-order valence-corrected chi connectivity index (χ0v) is 4.78. The van der Waals surface area contributed by atoms with Crippen molar-refractivity contribution in [1.82, 2.24) is 0 Å². The van der Waals surface area contributed by atoms with Gasteiger partial charge in [0, 0.05) is 0 Å². The molecule has 0 aliphatic carbocycles. The molecule has 56 valence electrons. The SMILES string of the molecule is O=S(O)OC(F)C(F)F. The summed E-state index contributed by atoms with van der Waals surface area (Å²) in [5.74, 6) is 0. The molecule has 0 rings (SSSR count). The third-order valence-electron chi connectivity index (χ3n) is 0.372. The molecule has 9 heavy (non-hydrogen) atoms. The summed E-state index contributed by atoms with van der Waals surface area (Å²) in [6.07, 6.45) is -6.38. The lowest BCUT2D eigenvalue weighted by Crippen LogP contribution is -2.17. The normalized spacial score (nSPS) is 17.9. The Hall–Kier alpha value is -0.140. The molecule has 2 atom stereocenters. The quantitative estimate of drug-likeness (QED) is 0.624. The van der Waals surface area contributed by atoms with E-state index < -0.39 is 24.1 Å². The first-order chi connectivity index (χ1) is 4.04. The largest absolute Gasteiger partial charge is 0.304 e. The Morgan fingerprint density at radius 3 is 2.00 bits per heavy atom. The molecule has 3 nitrogen and oxygen atoms in total. The molecule has 0 saturated heterocycles. The zero-order chi connectivity index (χ0) is 7.44. The maximum absolute atomic E-state index is 11.5. The summed E-state index contributed by atoms with van der Waals surface area (Å²) < 4.78 is 53.7. The molecule has 0 aromatic carbocycles. The first-order valence-corrected chi connectivity index (χ1v) is 2.77. The van der Waals surface area contributed by atoms with Crippen molar-refractivity contribution in [3.8, 4) is 0 Å². The van der Waals surface area contributed by atoms with Crippen LogP contribution in [0.1, 0.15) is 0 Å². The minimum atomic E-state index is -3.39. The third-order valence-corrected chi connectivity index (χ3v) is 0.721. The molecule has 2 unspecified atom stereocenters.